The second kappa shape index (κ2) is 17.3. The largest absolute Gasteiger partial charge is 0.426 e. The molecular weight excluding hydrogens is 761 g/mol. The van der Waals surface area contributed by atoms with E-state index in [1.807, 2.05) is 60.7 Å². The standard InChI is InChI=1S/C56H50N2O2Si/c1-4-42(56(59)60-49-35-31-47(32-36-49)57(45-15-7-5-8-16-45)46-17-9-6-10-18-46)26-23-41-24-27-43(28-25-41)44-29-37-50(38-30-44)61(2,3)51-39-33-48(34-40-51)58-54-21-13-11-19-52(54)53-20-12-14-22-55(53)58/h5-22,24-25,27-40,42H,4,23,26H2,1-3H3. The van der Waals surface area contributed by atoms with Crippen molar-refractivity contribution in [3.05, 3.63) is 212 Å². The van der Waals surface area contributed by atoms with Crippen LogP contribution in [-0.4, -0.2) is 18.6 Å². The Kier molecular flexibility index (Phi) is 11.2. The van der Waals surface area contributed by atoms with Crippen LogP contribution in [0.2, 0.25) is 13.1 Å². The Morgan fingerprint density at radius 1 is 0.541 bits per heavy atom. The molecule has 0 aliphatic heterocycles. The molecule has 1 heterocycles. The molecule has 0 amide bonds. The van der Waals surface area contributed by atoms with Crippen LogP contribution in [0.5, 0.6) is 5.75 Å². The topological polar surface area (TPSA) is 34.5 Å². The van der Waals surface area contributed by atoms with E-state index in [0.717, 1.165) is 36.3 Å². The molecule has 0 N–H and O–H groups in total. The number of benzene rings is 8. The zero-order valence-electron chi connectivity index (χ0n) is 35.0. The van der Waals surface area contributed by atoms with Crippen LogP contribution in [0.15, 0.2) is 206 Å². The van der Waals surface area contributed by atoms with E-state index < -0.39 is 8.07 Å². The Hall–Kier alpha value is -6.95. The van der Waals surface area contributed by atoms with E-state index in [4.69, 9.17) is 4.74 Å². The number of carbonyl (C=O) groups is 1. The molecule has 0 aliphatic carbocycles. The van der Waals surface area contributed by atoms with Gasteiger partial charge in [0.05, 0.1) is 17.0 Å². The summed E-state index contributed by atoms with van der Waals surface area (Å²) < 4.78 is 8.32. The lowest BCUT2D eigenvalue weighted by Gasteiger charge is -2.25. The van der Waals surface area contributed by atoms with Crippen molar-refractivity contribution in [2.45, 2.75) is 39.3 Å². The predicted molar refractivity (Wildman–Crippen MR) is 258 cm³/mol. The minimum absolute atomic E-state index is 0.180. The number of hydrogen-bond acceptors (Lipinski definition) is 3. The fourth-order valence-corrected chi connectivity index (χ4v) is 11.0. The van der Waals surface area contributed by atoms with E-state index in [-0.39, 0.29) is 11.9 Å². The highest BCUT2D eigenvalue weighted by Crippen LogP contribution is 2.35. The predicted octanol–water partition coefficient (Wildman–Crippen LogP) is 13.3. The molecule has 1 atom stereocenters. The SMILES string of the molecule is CCC(CCc1ccc(-c2ccc([Si](C)(C)c3ccc(-n4c5ccccc5c5ccccc54)cc3)cc2)cc1)C(=O)Oc1ccc(N(c2ccccc2)c2ccccc2)cc1. The molecule has 0 saturated carbocycles. The van der Waals surface area contributed by atoms with E-state index in [1.165, 1.54) is 54.6 Å². The lowest BCUT2D eigenvalue weighted by molar-refractivity contribution is -0.139. The first-order valence-corrected chi connectivity index (χ1v) is 24.4. The van der Waals surface area contributed by atoms with Crippen LogP contribution in [0.25, 0.3) is 38.6 Å². The van der Waals surface area contributed by atoms with Crippen molar-refractivity contribution in [1.29, 1.82) is 0 Å². The molecule has 0 spiro atoms. The number of aromatic nitrogens is 1. The maximum Gasteiger partial charge on any atom is 0.314 e. The van der Waals surface area contributed by atoms with Gasteiger partial charge in [-0.25, -0.2) is 0 Å². The highest BCUT2D eigenvalue weighted by atomic mass is 28.3. The molecule has 0 fully saturated rings. The van der Waals surface area contributed by atoms with Crippen molar-refractivity contribution in [3.8, 4) is 22.6 Å². The molecule has 5 heteroatoms. The van der Waals surface area contributed by atoms with Crippen molar-refractivity contribution in [2.24, 2.45) is 5.92 Å². The molecule has 9 aromatic rings. The number of hydrogen-bond donors (Lipinski definition) is 0. The van der Waals surface area contributed by atoms with Crippen LogP contribution >= 0.6 is 0 Å². The average Bonchev–Trinajstić information content (AvgIpc) is 3.65. The molecule has 61 heavy (non-hydrogen) atoms. The van der Waals surface area contributed by atoms with Gasteiger partial charge < -0.3 is 14.2 Å². The number of fused-ring (bicyclic) bond motifs is 3. The second-order valence-corrected chi connectivity index (χ2v) is 20.8. The highest BCUT2D eigenvalue weighted by molar-refractivity contribution is 7.00. The Labute approximate surface area is 360 Å². The van der Waals surface area contributed by atoms with Gasteiger partial charge in [-0.1, -0.05) is 164 Å². The van der Waals surface area contributed by atoms with Gasteiger partial charge in [-0.2, -0.15) is 0 Å². The normalized spacial score (nSPS) is 12.0. The summed E-state index contributed by atoms with van der Waals surface area (Å²) >= 11 is 0. The number of aryl methyl sites for hydroxylation is 1. The molecule has 1 aromatic heterocycles. The maximum absolute atomic E-state index is 13.4. The molecular formula is C56H50N2O2Si. The summed E-state index contributed by atoms with van der Waals surface area (Å²) in [5, 5.41) is 5.38. The van der Waals surface area contributed by atoms with Crippen molar-refractivity contribution >= 4 is 63.3 Å². The monoisotopic (exact) mass is 810 g/mol. The summed E-state index contributed by atoms with van der Waals surface area (Å²) in [4.78, 5) is 15.6. The first-order valence-electron chi connectivity index (χ1n) is 21.4. The van der Waals surface area contributed by atoms with Crippen LogP contribution in [0.1, 0.15) is 25.3 Å². The van der Waals surface area contributed by atoms with Crippen LogP contribution in [0.4, 0.5) is 17.1 Å². The van der Waals surface area contributed by atoms with Crippen molar-refractivity contribution in [3.63, 3.8) is 0 Å². The van der Waals surface area contributed by atoms with Gasteiger partial charge in [0.1, 0.15) is 13.8 Å². The quantitative estimate of drug-likeness (QED) is 0.0661. The third kappa shape index (κ3) is 8.17. The molecule has 8 aromatic carbocycles. The first-order chi connectivity index (χ1) is 29.9. The zero-order valence-corrected chi connectivity index (χ0v) is 36.0. The van der Waals surface area contributed by atoms with Crippen LogP contribution < -0.4 is 20.0 Å². The number of nitrogens with zero attached hydrogens (tertiary/aromatic N) is 2. The van der Waals surface area contributed by atoms with Gasteiger partial charge in [0.15, 0.2) is 0 Å². The summed E-state index contributed by atoms with van der Waals surface area (Å²) in [7, 11) is -1.95. The van der Waals surface area contributed by atoms with Crippen LogP contribution in [0, 0.1) is 5.92 Å². The van der Waals surface area contributed by atoms with Crippen LogP contribution in [-0.2, 0) is 11.2 Å². The molecule has 4 nitrogen and oxygen atoms in total. The third-order valence-electron chi connectivity index (χ3n) is 12.3. The zero-order chi connectivity index (χ0) is 41.8. The smallest absolute Gasteiger partial charge is 0.314 e. The Bertz CT molecular complexity index is 2790. The van der Waals surface area contributed by atoms with E-state index in [9.17, 15) is 4.79 Å². The Morgan fingerprint density at radius 2 is 1.00 bits per heavy atom. The summed E-state index contributed by atoms with van der Waals surface area (Å²) in [5.41, 5.74) is 10.4. The van der Waals surface area contributed by atoms with Gasteiger partial charge in [0.2, 0.25) is 0 Å². The summed E-state index contributed by atoms with van der Waals surface area (Å²) in [6.07, 6.45) is 2.27. The lowest BCUT2D eigenvalue weighted by atomic mass is 9.96. The van der Waals surface area contributed by atoms with Gasteiger partial charge in [0.25, 0.3) is 0 Å². The molecule has 0 radical (unpaired) electrons. The molecule has 9 rings (SSSR count). The molecule has 300 valence electrons. The minimum atomic E-state index is -1.95. The van der Waals surface area contributed by atoms with E-state index in [1.54, 1.807) is 0 Å². The van der Waals surface area contributed by atoms with E-state index in [0.29, 0.717) is 5.75 Å². The number of esters is 1. The number of rotatable bonds is 13. The summed E-state index contributed by atoms with van der Waals surface area (Å²) in [6, 6.07) is 72.9. The second-order valence-electron chi connectivity index (χ2n) is 16.4. The number of carbonyl (C=O) groups excluding carboxylic acids is 1. The van der Waals surface area contributed by atoms with Gasteiger partial charge >= 0.3 is 5.97 Å². The van der Waals surface area contributed by atoms with Crippen LogP contribution in [0.3, 0.4) is 0 Å². The molecule has 0 aliphatic rings. The molecule has 0 bridgehead atoms. The summed E-state index contributed by atoms with van der Waals surface area (Å²) in [6.45, 7) is 6.94. The molecule has 0 saturated heterocycles. The lowest BCUT2D eigenvalue weighted by Crippen LogP contribution is -2.52. The van der Waals surface area contributed by atoms with Crippen molar-refractivity contribution < 1.29 is 9.53 Å². The fourth-order valence-electron chi connectivity index (χ4n) is 8.63. The van der Waals surface area contributed by atoms with Gasteiger partial charge in [-0.3, -0.25) is 4.79 Å². The van der Waals surface area contributed by atoms with Gasteiger partial charge in [0, 0.05) is 33.5 Å². The average molecular weight is 811 g/mol. The fraction of sp³-hybridized carbons (Fsp3) is 0.125. The number of ether oxygens (including phenoxy) is 1. The molecule has 1 unspecified atom stereocenters. The third-order valence-corrected chi connectivity index (χ3v) is 15.8. The summed E-state index contributed by atoms with van der Waals surface area (Å²) in [5.74, 6) is 0.193. The number of para-hydroxylation sites is 4. The first kappa shape index (κ1) is 39.5. The van der Waals surface area contributed by atoms with Gasteiger partial charge in [-0.05, 0) is 109 Å². The minimum Gasteiger partial charge on any atom is -0.426 e. The van der Waals surface area contributed by atoms with Crippen molar-refractivity contribution in [1.82, 2.24) is 4.57 Å². The van der Waals surface area contributed by atoms with Crippen molar-refractivity contribution in [2.75, 3.05) is 4.90 Å². The Balaban J connectivity index is 0.821. The van der Waals surface area contributed by atoms with Gasteiger partial charge in [-0.15, -0.1) is 0 Å². The maximum atomic E-state index is 13.4. The highest BCUT2D eigenvalue weighted by Gasteiger charge is 2.26. The van der Waals surface area contributed by atoms with E-state index in [2.05, 4.69) is 175 Å². The Morgan fingerprint density at radius 3 is 1.52 bits per heavy atom. The number of anilines is 3. The van der Waals surface area contributed by atoms with E-state index >= 15 is 0 Å².